The van der Waals surface area contributed by atoms with Gasteiger partial charge in [0.25, 0.3) is 0 Å². The van der Waals surface area contributed by atoms with Crippen LogP contribution in [0.2, 0.25) is 0 Å². The van der Waals surface area contributed by atoms with E-state index in [1.165, 1.54) is 10.6 Å². The first kappa shape index (κ1) is 16.1. The van der Waals surface area contributed by atoms with Crippen molar-refractivity contribution < 1.29 is 13.2 Å². The Morgan fingerprint density at radius 3 is 2.69 bits per heavy atom. The van der Waals surface area contributed by atoms with Gasteiger partial charge in [-0.2, -0.15) is 18.3 Å². The summed E-state index contributed by atoms with van der Waals surface area (Å²) in [5.74, 6) is 0.0617. The van der Waals surface area contributed by atoms with E-state index in [1.807, 2.05) is 0 Å². The van der Waals surface area contributed by atoms with Crippen molar-refractivity contribution >= 4 is 11.5 Å². The molecule has 132 valence electrons. The summed E-state index contributed by atoms with van der Waals surface area (Å²) in [6.07, 6.45) is 0.932. The molecule has 4 heterocycles. The Morgan fingerprint density at radius 1 is 1.19 bits per heavy atom. The van der Waals surface area contributed by atoms with Gasteiger partial charge in [-0.05, 0) is 19.1 Å². The van der Waals surface area contributed by atoms with Crippen molar-refractivity contribution in [3.63, 3.8) is 0 Å². The van der Waals surface area contributed by atoms with Crippen LogP contribution in [0, 0.1) is 6.92 Å². The number of alkyl halides is 3. The average molecular weight is 359 g/mol. The van der Waals surface area contributed by atoms with Gasteiger partial charge in [-0.15, -0.1) is 5.10 Å². The maximum absolute atomic E-state index is 13.4. The van der Waals surface area contributed by atoms with Crippen LogP contribution < -0.4 is 5.73 Å². The molecule has 0 fully saturated rings. The summed E-state index contributed by atoms with van der Waals surface area (Å²) in [6, 6.07) is 2.29. The molecule has 0 radical (unpaired) electrons. The maximum Gasteiger partial charge on any atom is 0.417 e. The number of aryl methyl sites for hydroxylation is 1. The number of nitrogen functional groups attached to an aromatic ring is 1. The predicted molar refractivity (Wildman–Crippen MR) is 88.0 cm³/mol. The summed E-state index contributed by atoms with van der Waals surface area (Å²) in [6.45, 7) is 1.74. The average Bonchev–Trinajstić information content (AvgIpc) is 3.20. The van der Waals surface area contributed by atoms with Crippen LogP contribution in [0.25, 0.3) is 28.0 Å². The molecule has 0 aliphatic heterocycles. The van der Waals surface area contributed by atoms with Gasteiger partial charge >= 0.3 is 6.18 Å². The fraction of sp³-hybridized carbons (Fsp3) is 0.125. The fourth-order valence-electron chi connectivity index (χ4n) is 2.91. The summed E-state index contributed by atoms with van der Waals surface area (Å²) < 4.78 is 41.7. The van der Waals surface area contributed by atoms with Crippen LogP contribution in [-0.4, -0.2) is 29.8 Å². The molecular formula is C16H12F3N7. The van der Waals surface area contributed by atoms with Gasteiger partial charge in [0, 0.05) is 35.3 Å². The number of fused-ring (bicyclic) bond motifs is 1. The third kappa shape index (κ3) is 2.46. The van der Waals surface area contributed by atoms with Gasteiger partial charge < -0.3 is 5.73 Å². The molecule has 0 spiro atoms. The molecule has 4 aromatic rings. The number of nitrogens with two attached hydrogens (primary N) is 1. The number of rotatable bonds is 2. The van der Waals surface area contributed by atoms with E-state index in [0.717, 1.165) is 18.5 Å². The van der Waals surface area contributed by atoms with Crippen molar-refractivity contribution in [1.82, 2.24) is 29.8 Å². The number of nitrogens with zero attached hydrogens (tertiary/aromatic N) is 5. The van der Waals surface area contributed by atoms with Crippen LogP contribution in [0.1, 0.15) is 11.3 Å². The van der Waals surface area contributed by atoms with Crippen LogP contribution >= 0.6 is 0 Å². The number of aromatic nitrogens is 6. The molecule has 0 saturated carbocycles. The molecule has 0 amide bonds. The minimum Gasteiger partial charge on any atom is -0.382 e. The molecule has 0 bridgehead atoms. The van der Waals surface area contributed by atoms with Gasteiger partial charge in [-0.25, -0.2) is 9.50 Å². The summed E-state index contributed by atoms with van der Waals surface area (Å²) in [5, 5.41) is 10.8. The Bertz CT molecular complexity index is 1100. The van der Waals surface area contributed by atoms with E-state index in [4.69, 9.17) is 5.73 Å². The van der Waals surface area contributed by atoms with Crippen LogP contribution in [-0.2, 0) is 6.18 Å². The van der Waals surface area contributed by atoms with Crippen LogP contribution in [0.3, 0.4) is 0 Å². The molecule has 4 aromatic heterocycles. The van der Waals surface area contributed by atoms with E-state index < -0.39 is 11.7 Å². The molecule has 0 aliphatic carbocycles. The number of hydrogen-bond acceptors (Lipinski definition) is 5. The lowest BCUT2D eigenvalue weighted by molar-refractivity contribution is -0.137. The zero-order valence-electron chi connectivity index (χ0n) is 13.4. The van der Waals surface area contributed by atoms with Gasteiger partial charge in [-0.3, -0.25) is 10.1 Å². The van der Waals surface area contributed by atoms with Crippen molar-refractivity contribution in [2.24, 2.45) is 0 Å². The maximum atomic E-state index is 13.4. The summed E-state index contributed by atoms with van der Waals surface area (Å²) in [4.78, 5) is 8.26. The van der Waals surface area contributed by atoms with Crippen molar-refractivity contribution in [3.05, 3.63) is 48.2 Å². The normalized spacial score (nSPS) is 12.0. The highest BCUT2D eigenvalue weighted by molar-refractivity contribution is 5.83. The highest BCUT2D eigenvalue weighted by Gasteiger charge is 2.34. The smallest absolute Gasteiger partial charge is 0.382 e. The number of halogens is 3. The SMILES string of the molecule is Cc1nc2c(-c3cnccc3C(F)(F)F)cc(N)nn2c1-c1cn[nH]c1. The molecule has 0 aromatic carbocycles. The topological polar surface area (TPSA) is 97.8 Å². The van der Waals surface area contributed by atoms with E-state index in [1.54, 1.807) is 19.3 Å². The first-order valence-electron chi connectivity index (χ1n) is 7.53. The molecule has 3 N–H and O–H groups in total. The van der Waals surface area contributed by atoms with E-state index >= 15 is 0 Å². The number of pyridine rings is 1. The predicted octanol–water partition coefficient (Wildman–Crippen LogP) is 3.09. The monoisotopic (exact) mass is 359 g/mol. The number of nitrogens with one attached hydrogen (secondary N) is 1. The summed E-state index contributed by atoms with van der Waals surface area (Å²) >= 11 is 0. The highest BCUT2D eigenvalue weighted by Crippen LogP contribution is 2.39. The van der Waals surface area contributed by atoms with Gasteiger partial charge in [0.2, 0.25) is 0 Å². The first-order chi connectivity index (χ1) is 12.4. The van der Waals surface area contributed by atoms with Gasteiger partial charge in [0.15, 0.2) is 5.65 Å². The standard InChI is InChI=1S/C16H12F3N7/c1-8-14(9-5-22-23-6-9)26-15(24-8)10(4-13(20)25-26)11-7-21-3-2-12(11)16(17,18)19/h2-7H,1H3,(H2,20,25)(H,22,23). The lowest BCUT2D eigenvalue weighted by atomic mass is 10.0. The number of anilines is 1. The first-order valence-corrected chi connectivity index (χ1v) is 7.53. The summed E-state index contributed by atoms with van der Waals surface area (Å²) in [7, 11) is 0. The third-order valence-corrected chi connectivity index (χ3v) is 3.97. The second kappa shape index (κ2) is 5.55. The van der Waals surface area contributed by atoms with Gasteiger partial charge in [-0.1, -0.05) is 0 Å². The van der Waals surface area contributed by atoms with Gasteiger partial charge in [0.05, 0.1) is 23.1 Å². The molecule has 0 saturated heterocycles. The van der Waals surface area contributed by atoms with E-state index in [0.29, 0.717) is 17.0 Å². The molecule has 0 unspecified atom stereocenters. The number of H-pyrrole nitrogens is 1. The molecule has 10 heteroatoms. The van der Waals surface area contributed by atoms with Crippen molar-refractivity contribution in [2.45, 2.75) is 13.1 Å². The largest absolute Gasteiger partial charge is 0.417 e. The lowest BCUT2D eigenvalue weighted by Crippen LogP contribution is -2.09. The third-order valence-electron chi connectivity index (χ3n) is 3.97. The molecule has 0 atom stereocenters. The lowest BCUT2D eigenvalue weighted by Gasteiger charge is -2.13. The molecule has 7 nitrogen and oxygen atoms in total. The Hall–Kier alpha value is -3.43. The van der Waals surface area contributed by atoms with Gasteiger partial charge in [0.1, 0.15) is 5.82 Å². The fourth-order valence-corrected chi connectivity index (χ4v) is 2.91. The Labute approximate surface area is 144 Å². The van der Waals surface area contributed by atoms with E-state index in [9.17, 15) is 13.2 Å². The Kier molecular flexibility index (Phi) is 3.43. The molecule has 4 rings (SSSR count). The van der Waals surface area contributed by atoms with Crippen LogP contribution in [0.5, 0.6) is 0 Å². The van der Waals surface area contributed by atoms with Crippen molar-refractivity contribution in [2.75, 3.05) is 5.73 Å². The molecular weight excluding hydrogens is 347 g/mol. The quantitative estimate of drug-likeness (QED) is 0.573. The minimum atomic E-state index is -4.54. The number of imidazole rings is 1. The van der Waals surface area contributed by atoms with E-state index in [-0.39, 0.29) is 22.6 Å². The second-order valence-electron chi connectivity index (χ2n) is 5.67. The highest BCUT2D eigenvalue weighted by atomic mass is 19.4. The van der Waals surface area contributed by atoms with Crippen LogP contribution in [0.15, 0.2) is 36.9 Å². The van der Waals surface area contributed by atoms with E-state index in [2.05, 4.69) is 25.3 Å². The zero-order chi connectivity index (χ0) is 18.5. The Balaban J connectivity index is 2.07. The zero-order valence-corrected chi connectivity index (χ0v) is 13.4. The number of hydrogen-bond donors (Lipinski definition) is 2. The Morgan fingerprint density at radius 2 is 2.00 bits per heavy atom. The minimum absolute atomic E-state index is 0.0617. The molecule has 26 heavy (non-hydrogen) atoms. The second-order valence-corrected chi connectivity index (χ2v) is 5.67. The number of aromatic amines is 1. The molecule has 0 aliphatic rings. The van der Waals surface area contributed by atoms with Crippen molar-refractivity contribution in [3.8, 4) is 22.4 Å². The van der Waals surface area contributed by atoms with Crippen molar-refractivity contribution in [1.29, 1.82) is 0 Å². The van der Waals surface area contributed by atoms with Crippen LogP contribution in [0.4, 0.5) is 19.0 Å². The summed E-state index contributed by atoms with van der Waals surface area (Å²) in [5.41, 5.74) is 7.28.